The third kappa shape index (κ3) is 2.78. The lowest BCUT2D eigenvalue weighted by molar-refractivity contribution is 0.103. The fourth-order valence-corrected chi connectivity index (χ4v) is 3.51. The summed E-state index contributed by atoms with van der Waals surface area (Å²) in [6.45, 7) is 2.09. The molecule has 3 unspecified atom stereocenters. The van der Waals surface area contributed by atoms with Crippen molar-refractivity contribution in [1.82, 2.24) is 5.32 Å². The molecular formula is C14H25NO. The van der Waals surface area contributed by atoms with Crippen molar-refractivity contribution < 1.29 is 4.74 Å². The zero-order chi connectivity index (χ0) is 10.8. The van der Waals surface area contributed by atoms with Gasteiger partial charge < -0.3 is 10.1 Å². The Morgan fingerprint density at radius 2 is 1.88 bits per heavy atom. The molecule has 0 spiro atoms. The van der Waals surface area contributed by atoms with Gasteiger partial charge in [-0.15, -0.1) is 0 Å². The molecule has 2 nitrogen and oxygen atoms in total. The summed E-state index contributed by atoms with van der Waals surface area (Å²) in [5.41, 5.74) is 0. The molecule has 1 heterocycles. The van der Waals surface area contributed by atoms with E-state index >= 15 is 0 Å². The lowest BCUT2D eigenvalue weighted by Crippen LogP contribution is -2.39. The fourth-order valence-electron chi connectivity index (χ4n) is 3.51. The highest BCUT2D eigenvalue weighted by Crippen LogP contribution is 2.43. The minimum absolute atomic E-state index is 0.515. The summed E-state index contributed by atoms with van der Waals surface area (Å²) in [4.78, 5) is 0. The highest BCUT2D eigenvalue weighted by atomic mass is 16.5. The first-order valence-electron chi connectivity index (χ1n) is 7.27. The summed E-state index contributed by atoms with van der Waals surface area (Å²) >= 11 is 0. The van der Waals surface area contributed by atoms with Crippen LogP contribution in [-0.2, 0) is 4.74 Å². The van der Waals surface area contributed by atoms with Crippen LogP contribution < -0.4 is 5.32 Å². The van der Waals surface area contributed by atoms with Crippen LogP contribution in [0.15, 0.2) is 0 Å². The van der Waals surface area contributed by atoms with Crippen LogP contribution in [0.25, 0.3) is 0 Å². The predicted molar refractivity (Wildman–Crippen MR) is 65.4 cm³/mol. The highest BCUT2D eigenvalue weighted by Gasteiger charge is 2.34. The molecule has 3 rings (SSSR count). The highest BCUT2D eigenvalue weighted by molar-refractivity contribution is 4.88. The Morgan fingerprint density at radius 3 is 2.62 bits per heavy atom. The van der Waals surface area contributed by atoms with Crippen molar-refractivity contribution >= 4 is 0 Å². The summed E-state index contributed by atoms with van der Waals surface area (Å²) in [5.74, 6) is 2.16. The largest absolute Gasteiger partial charge is 0.377 e. The average Bonchev–Trinajstić information content (AvgIpc) is 3.05. The Bertz CT molecular complexity index is 221. The van der Waals surface area contributed by atoms with Gasteiger partial charge in [-0.1, -0.05) is 12.8 Å². The summed E-state index contributed by atoms with van der Waals surface area (Å²) in [7, 11) is 0. The van der Waals surface area contributed by atoms with Gasteiger partial charge in [-0.2, -0.15) is 0 Å². The van der Waals surface area contributed by atoms with Gasteiger partial charge in [0.15, 0.2) is 0 Å². The van der Waals surface area contributed by atoms with Gasteiger partial charge in [-0.25, -0.2) is 0 Å². The Kier molecular flexibility index (Phi) is 3.49. The molecule has 0 aromatic carbocycles. The Balaban J connectivity index is 1.39. The first kappa shape index (κ1) is 11.0. The van der Waals surface area contributed by atoms with E-state index in [2.05, 4.69) is 5.32 Å². The van der Waals surface area contributed by atoms with Gasteiger partial charge in [0, 0.05) is 19.2 Å². The molecule has 0 aromatic rings. The van der Waals surface area contributed by atoms with Crippen LogP contribution in [0, 0.1) is 11.8 Å². The first-order chi connectivity index (χ1) is 7.92. The lowest BCUT2D eigenvalue weighted by Gasteiger charge is -2.30. The molecular weight excluding hydrogens is 198 g/mol. The van der Waals surface area contributed by atoms with E-state index in [1.165, 1.54) is 51.4 Å². The Hall–Kier alpha value is -0.0800. The van der Waals surface area contributed by atoms with E-state index in [1.54, 1.807) is 0 Å². The number of rotatable bonds is 4. The zero-order valence-corrected chi connectivity index (χ0v) is 10.3. The molecule has 1 N–H and O–H groups in total. The summed E-state index contributed by atoms with van der Waals surface area (Å²) in [5, 5.41) is 3.75. The third-order valence-corrected chi connectivity index (χ3v) is 4.66. The van der Waals surface area contributed by atoms with Crippen LogP contribution in [0.2, 0.25) is 0 Å². The second kappa shape index (κ2) is 5.05. The van der Waals surface area contributed by atoms with Crippen LogP contribution in [0.1, 0.15) is 51.4 Å². The second-order valence-electron chi connectivity index (χ2n) is 6.00. The molecule has 2 aliphatic carbocycles. The molecule has 3 atom stereocenters. The average molecular weight is 223 g/mol. The number of hydrogen-bond donors (Lipinski definition) is 1. The van der Waals surface area contributed by atoms with Crippen molar-refractivity contribution in [3.63, 3.8) is 0 Å². The van der Waals surface area contributed by atoms with E-state index in [4.69, 9.17) is 4.74 Å². The molecule has 3 fully saturated rings. The van der Waals surface area contributed by atoms with Gasteiger partial charge in [0.05, 0.1) is 6.10 Å². The van der Waals surface area contributed by atoms with Gasteiger partial charge in [-0.05, 0) is 50.4 Å². The first-order valence-corrected chi connectivity index (χ1v) is 7.27. The van der Waals surface area contributed by atoms with Crippen LogP contribution in [0.5, 0.6) is 0 Å². The van der Waals surface area contributed by atoms with Crippen molar-refractivity contribution in [2.24, 2.45) is 11.8 Å². The van der Waals surface area contributed by atoms with E-state index in [9.17, 15) is 0 Å². The number of hydrogen-bond acceptors (Lipinski definition) is 2. The Morgan fingerprint density at radius 1 is 0.938 bits per heavy atom. The van der Waals surface area contributed by atoms with Crippen molar-refractivity contribution in [3.8, 4) is 0 Å². The molecule has 2 heteroatoms. The minimum Gasteiger partial charge on any atom is -0.377 e. The second-order valence-corrected chi connectivity index (χ2v) is 6.00. The smallest absolute Gasteiger partial charge is 0.0700 e. The molecule has 0 amide bonds. The molecule has 0 radical (unpaired) electrons. The summed E-state index contributed by atoms with van der Waals surface area (Å²) in [6, 6.07) is 0.795. The molecule has 0 bridgehead atoms. The maximum absolute atomic E-state index is 5.67. The molecule has 16 heavy (non-hydrogen) atoms. The zero-order valence-electron chi connectivity index (χ0n) is 10.3. The van der Waals surface area contributed by atoms with Crippen molar-refractivity contribution in [2.45, 2.75) is 63.5 Å². The van der Waals surface area contributed by atoms with Crippen molar-refractivity contribution in [3.05, 3.63) is 0 Å². The van der Waals surface area contributed by atoms with Gasteiger partial charge in [0.1, 0.15) is 0 Å². The van der Waals surface area contributed by atoms with Crippen LogP contribution in [-0.4, -0.2) is 25.3 Å². The van der Waals surface area contributed by atoms with Gasteiger partial charge >= 0.3 is 0 Å². The molecule has 1 saturated heterocycles. The van der Waals surface area contributed by atoms with Crippen LogP contribution in [0.4, 0.5) is 0 Å². The molecule has 1 aliphatic heterocycles. The maximum Gasteiger partial charge on any atom is 0.0700 e. The lowest BCUT2D eigenvalue weighted by atomic mass is 9.82. The summed E-state index contributed by atoms with van der Waals surface area (Å²) in [6.07, 6.45) is 11.9. The van der Waals surface area contributed by atoms with Crippen molar-refractivity contribution in [1.29, 1.82) is 0 Å². The molecule has 92 valence electrons. The number of nitrogens with one attached hydrogen (secondary N) is 1. The Labute approximate surface area is 99.1 Å². The van der Waals surface area contributed by atoms with E-state index in [-0.39, 0.29) is 0 Å². The topological polar surface area (TPSA) is 21.3 Å². The van der Waals surface area contributed by atoms with Gasteiger partial charge in [0.25, 0.3) is 0 Å². The van der Waals surface area contributed by atoms with Gasteiger partial charge in [-0.3, -0.25) is 0 Å². The third-order valence-electron chi connectivity index (χ3n) is 4.66. The van der Waals surface area contributed by atoms with E-state index in [0.717, 1.165) is 31.0 Å². The molecule has 0 aromatic heterocycles. The van der Waals surface area contributed by atoms with Gasteiger partial charge in [0.2, 0.25) is 0 Å². The summed E-state index contributed by atoms with van der Waals surface area (Å²) < 4.78 is 5.67. The standard InChI is InChI=1S/C14H25NO/c1-3-12(11-6-7-11)9-13(4-1)15-10-14-5-2-8-16-14/h11-15H,1-10H2. The van der Waals surface area contributed by atoms with Crippen LogP contribution in [0.3, 0.4) is 0 Å². The van der Waals surface area contributed by atoms with Crippen molar-refractivity contribution in [2.75, 3.05) is 13.2 Å². The van der Waals surface area contributed by atoms with Crippen LogP contribution >= 0.6 is 0 Å². The minimum atomic E-state index is 0.515. The molecule has 2 saturated carbocycles. The predicted octanol–water partition coefficient (Wildman–Crippen LogP) is 2.72. The monoisotopic (exact) mass is 223 g/mol. The number of ether oxygens (including phenoxy) is 1. The van der Waals surface area contributed by atoms with E-state index in [1.807, 2.05) is 0 Å². The quantitative estimate of drug-likeness (QED) is 0.791. The normalized spacial score (nSPS) is 40.1. The SMILES string of the molecule is C1COC(CNC2CCCC(C3CC3)C2)C1. The van der Waals surface area contributed by atoms with E-state index < -0.39 is 0 Å². The molecule has 3 aliphatic rings. The fraction of sp³-hybridized carbons (Fsp3) is 1.00. The maximum atomic E-state index is 5.67. The van der Waals surface area contributed by atoms with E-state index in [0.29, 0.717) is 6.10 Å².